The van der Waals surface area contributed by atoms with Gasteiger partial charge in [-0.2, -0.15) is 5.26 Å². The van der Waals surface area contributed by atoms with Crippen LogP contribution >= 0.6 is 23.2 Å². The van der Waals surface area contributed by atoms with Crippen molar-refractivity contribution in [2.24, 2.45) is 11.1 Å². The van der Waals surface area contributed by atoms with Crippen LogP contribution in [0.4, 0.5) is 8.78 Å². The number of hydrogen-bond donors (Lipinski definition) is 3. The summed E-state index contributed by atoms with van der Waals surface area (Å²) in [5.41, 5.74) is 3.02. The van der Waals surface area contributed by atoms with E-state index in [0.717, 1.165) is 6.07 Å². The minimum Gasteiger partial charge on any atom is -0.368 e. The Hall–Kier alpha value is -2.73. The molecule has 0 radical (unpaired) electrons. The predicted octanol–water partition coefficient (Wildman–Crippen LogP) is 4.19. The molecular formula is C25H26Cl2F2N4O2. The van der Waals surface area contributed by atoms with E-state index in [-0.39, 0.29) is 26.6 Å². The molecule has 2 aromatic rings. The summed E-state index contributed by atoms with van der Waals surface area (Å²) in [7, 11) is 0. The summed E-state index contributed by atoms with van der Waals surface area (Å²) in [6.07, 6.45) is 0.334. The summed E-state index contributed by atoms with van der Waals surface area (Å²) >= 11 is 12.0. The maximum atomic E-state index is 15.4. The number of carbonyl (C=O) groups excluding carboxylic acids is 2. The van der Waals surface area contributed by atoms with Gasteiger partial charge in [-0.3, -0.25) is 9.59 Å². The number of primary amides is 1. The summed E-state index contributed by atoms with van der Waals surface area (Å²) in [5, 5.41) is 16.2. The number of amides is 2. The molecule has 1 aliphatic rings. The van der Waals surface area contributed by atoms with E-state index >= 15 is 8.78 Å². The van der Waals surface area contributed by atoms with E-state index in [1.807, 2.05) is 20.8 Å². The van der Waals surface area contributed by atoms with E-state index in [1.54, 1.807) is 0 Å². The number of nitrogens with zero attached hydrogens (tertiary/aromatic N) is 1. The zero-order chi connectivity index (χ0) is 26.1. The Morgan fingerprint density at radius 1 is 1.23 bits per heavy atom. The molecule has 0 saturated carbocycles. The molecule has 0 aromatic heterocycles. The van der Waals surface area contributed by atoms with Crippen molar-refractivity contribution in [1.29, 1.82) is 5.26 Å². The minimum absolute atomic E-state index is 0.0271. The highest BCUT2D eigenvalue weighted by molar-refractivity contribution is 6.31. The summed E-state index contributed by atoms with van der Waals surface area (Å²) in [5.74, 6) is -4.24. The molecule has 1 heterocycles. The van der Waals surface area contributed by atoms with Gasteiger partial charge in [-0.05, 0) is 35.6 Å². The fourth-order valence-corrected chi connectivity index (χ4v) is 5.18. The Bertz CT molecular complexity index is 1190. The van der Waals surface area contributed by atoms with Crippen LogP contribution in [0.25, 0.3) is 0 Å². The summed E-state index contributed by atoms with van der Waals surface area (Å²) in [6, 6.07) is 8.42. The van der Waals surface area contributed by atoms with Gasteiger partial charge in [-0.25, -0.2) is 8.78 Å². The summed E-state index contributed by atoms with van der Waals surface area (Å²) in [4.78, 5) is 24.6. The highest BCUT2D eigenvalue weighted by Gasteiger charge is 2.61. The number of rotatable bonds is 6. The van der Waals surface area contributed by atoms with Gasteiger partial charge in [-0.1, -0.05) is 62.2 Å². The number of carbonyl (C=O) groups is 2. The van der Waals surface area contributed by atoms with Gasteiger partial charge < -0.3 is 16.4 Å². The van der Waals surface area contributed by atoms with Gasteiger partial charge in [0, 0.05) is 22.5 Å². The van der Waals surface area contributed by atoms with Crippen molar-refractivity contribution >= 4 is 35.0 Å². The first kappa shape index (κ1) is 26.9. The van der Waals surface area contributed by atoms with Crippen molar-refractivity contribution in [3.63, 3.8) is 0 Å². The molecule has 0 aliphatic carbocycles. The average molecular weight is 523 g/mol. The Morgan fingerprint density at radius 3 is 2.49 bits per heavy atom. The predicted molar refractivity (Wildman–Crippen MR) is 130 cm³/mol. The monoisotopic (exact) mass is 522 g/mol. The first-order valence-corrected chi connectivity index (χ1v) is 11.7. The second kappa shape index (κ2) is 10.1. The Morgan fingerprint density at radius 2 is 1.91 bits per heavy atom. The Labute approximate surface area is 212 Å². The fourth-order valence-electron chi connectivity index (χ4n) is 4.84. The molecule has 186 valence electrons. The third-order valence-electron chi connectivity index (χ3n) is 6.17. The van der Waals surface area contributed by atoms with Gasteiger partial charge in [0.2, 0.25) is 11.8 Å². The van der Waals surface area contributed by atoms with E-state index < -0.39 is 53.4 Å². The molecule has 2 aromatic carbocycles. The average Bonchev–Trinajstić information content (AvgIpc) is 3.07. The van der Waals surface area contributed by atoms with E-state index in [2.05, 4.69) is 16.7 Å². The third-order valence-corrected chi connectivity index (χ3v) is 6.70. The number of benzene rings is 2. The van der Waals surface area contributed by atoms with E-state index in [1.165, 1.54) is 30.3 Å². The summed E-state index contributed by atoms with van der Waals surface area (Å²) < 4.78 is 30.9. The quantitative estimate of drug-likeness (QED) is 0.528. The van der Waals surface area contributed by atoms with Crippen LogP contribution in [0.5, 0.6) is 0 Å². The molecular weight excluding hydrogens is 497 g/mol. The van der Waals surface area contributed by atoms with Crippen LogP contribution in [0, 0.1) is 28.4 Å². The van der Waals surface area contributed by atoms with Crippen LogP contribution in [0.15, 0.2) is 36.4 Å². The molecule has 10 heteroatoms. The van der Waals surface area contributed by atoms with Crippen LogP contribution in [0.1, 0.15) is 44.2 Å². The van der Waals surface area contributed by atoms with Crippen LogP contribution in [0.3, 0.4) is 0 Å². The zero-order valence-electron chi connectivity index (χ0n) is 19.5. The molecule has 0 spiro atoms. The highest BCUT2D eigenvalue weighted by Crippen LogP contribution is 2.52. The van der Waals surface area contributed by atoms with Crippen molar-refractivity contribution in [2.45, 2.75) is 50.6 Å². The van der Waals surface area contributed by atoms with Crippen LogP contribution in [0.2, 0.25) is 10.0 Å². The van der Waals surface area contributed by atoms with Gasteiger partial charge in [0.25, 0.3) is 0 Å². The molecule has 1 fully saturated rings. The van der Waals surface area contributed by atoms with Crippen LogP contribution in [-0.2, 0) is 15.0 Å². The fraction of sp³-hybridized carbons (Fsp3) is 0.400. The molecule has 1 saturated heterocycles. The molecule has 6 nitrogen and oxygen atoms in total. The molecule has 4 unspecified atom stereocenters. The maximum Gasteiger partial charge on any atom is 0.238 e. The lowest BCUT2D eigenvalue weighted by Gasteiger charge is -2.37. The topological polar surface area (TPSA) is 108 Å². The number of nitrogens with one attached hydrogen (secondary N) is 2. The van der Waals surface area contributed by atoms with Gasteiger partial charge in [0.1, 0.15) is 17.0 Å². The number of hydrogen-bond acceptors (Lipinski definition) is 4. The lowest BCUT2D eigenvalue weighted by atomic mass is 9.62. The second-order valence-corrected chi connectivity index (χ2v) is 10.7. The second-order valence-electron chi connectivity index (χ2n) is 9.87. The molecule has 0 bridgehead atoms. The lowest BCUT2D eigenvalue weighted by Crippen LogP contribution is -2.47. The Balaban J connectivity index is 2.33. The molecule has 4 N–H and O–H groups in total. The van der Waals surface area contributed by atoms with Crippen molar-refractivity contribution in [3.8, 4) is 6.07 Å². The van der Waals surface area contributed by atoms with Crippen molar-refractivity contribution in [2.75, 3.05) is 6.54 Å². The molecule has 4 atom stereocenters. The van der Waals surface area contributed by atoms with Crippen molar-refractivity contribution in [1.82, 2.24) is 10.6 Å². The Kier molecular flexibility index (Phi) is 7.75. The normalized spacial score (nSPS) is 24.1. The third kappa shape index (κ3) is 5.27. The molecule has 35 heavy (non-hydrogen) atoms. The van der Waals surface area contributed by atoms with E-state index in [0.29, 0.717) is 6.42 Å². The zero-order valence-corrected chi connectivity index (χ0v) is 21.0. The van der Waals surface area contributed by atoms with Crippen LogP contribution in [-0.4, -0.2) is 30.4 Å². The minimum atomic E-state index is -1.73. The number of nitriles is 1. The SMILES string of the molecule is CC(C)(C)CC1NC(C(=O)NCC(N)=O)C(c2cccc(Cl)c2F)C1(C#N)c1ccc(Cl)cc1F. The summed E-state index contributed by atoms with van der Waals surface area (Å²) in [6.45, 7) is 5.35. The highest BCUT2D eigenvalue weighted by atomic mass is 35.5. The van der Waals surface area contributed by atoms with Gasteiger partial charge in [0.15, 0.2) is 0 Å². The van der Waals surface area contributed by atoms with E-state index in [9.17, 15) is 14.9 Å². The van der Waals surface area contributed by atoms with Gasteiger partial charge in [-0.15, -0.1) is 0 Å². The lowest BCUT2D eigenvalue weighted by molar-refractivity contribution is -0.126. The largest absolute Gasteiger partial charge is 0.368 e. The standard InChI is InChI=1S/C25H26Cl2F2N4O2/c1-24(2,3)10-18-25(12-30,15-8-7-13(26)9-17(15)28)20(14-5-4-6-16(27)21(14)29)22(33-18)23(35)32-11-19(31)34/h4-9,18,20,22,33H,10-11H2,1-3H3,(H2,31,34)(H,32,35). The molecule has 2 amide bonds. The molecule has 1 aliphatic heterocycles. The van der Waals surface area contributed by atoms with E-state index in [4.69, 9.17) is 28.9 Å². The molecule has 3 rings (SSSR count). The van der Waals surface area contributed by atoms with Crippen molar-refractivity contribution < 1.29 is 18.4 Å². The van der Waals surface area contributed by atoms with Crippen molar-refractivity contribution in [3.05, 3.63) is 69.2 Å². The number of nitrogens with two attached hydrogens (primary N) is 1. The van der Waals surface area contributed by atoms with Gasteiger partial charge >= 0.3 is 0 Å². The first-order valence-electron chi connectivity index (χ1n) is 10.9. The maximum absolute atomic E-state index is 15.4. The number of halogens is 4. The van der Waals surface area contributed by atoms with Crippen LogP contribution < -0.4 is 16.4 Å². The van der Waals surface area contributed by atoms with Gasteiger partial charge in [0.05, 0.1) is 23.7 Å². The first-order chi connectivity index (χ1) is 16.3. The smallest absolute Gasteiger partial charge is 0.238 e.